The predicted octanol–water partition coefficient (Wildman–Crippen LogP) is 1.93. The topological polar surface area (TPSA) is 102 Å². The van der Waals surface area contributed by atoms with Crippen molar-refractivity contribution in [1.29, 1.82) is 5.26 Å². The van der Waals surface area contributed by atoms with Crippen LogP contribution >= 0.6 is 0 Å². The van der Waals surface area contributed by atoms with Crippen molar-refractivity contribution in [3.63, 3.8) is 0 Å². The van der Waals surface area contributed by atoms with Crippen molar-refractivity contribution < 1.29 is 18.0 Å². The number of benzene rings is 2. The maximum Gasteiger partial charge on any atom is 0.243 e. The highest BCUT2D eigenvalue weighted by molar-refractivity contribution is 7.89. The molecule has 2 aliphatic rings. The fraction of sp³-hybridized carbons (Fsp3) is 0.375. The van der Waals surface area contributed by atoms with E-state index in [1.165, 1.54) is 35.5 Å². The van der Waals surface area contributed by atoms with Crippen molar-refractivity contribution in [3.8, 4) is 6.07 Å². The van der Waals surface area contributed by atoms with Gasteiger partial charge >= 0.3 is 0 Å². The lowest BCUT2D eigenvalue weighted by atomic mass is 9.90. The van der Waals surface area contributed by atoms with E-state index in [0.29, 0.717) is 25.2 Å². The van der Waals surface area contributed by atoms with E-state index in [2.05, 4.69) is 0 Å². The second-order valence-corrected chi connectivity index (χ2v) is 10.2. The van der Waals surface area contributed by atoms with Crippen LogP contribution in [-0.2, 0) is 26.0 Å². The number of rotatable bonds is 4. The number of hydrogen-bond acceptors (Lipinski definition) is 5. The summed E-state index contributed by atoms with van der Waals surface area (Å²) in [5.74, 6) is -0.140. The molecule has 0 bridgehead atoms. The van der Waals surface area contributed by atoms with Gasteiger partial charge in [-0.3, -0.25) is 9.59 Å². The van der Waals surface area contributed by atoms with Gasteiger partial charge in [0.2, 0.25) is 21.8 Å². The van der Waals surface area contributed by atoms with Crippen LogP contribution < -0.4 is 0 Å². The molecule has 2 aliphatic heterocycles. The summed E-state index contributed by atoms with van der Waals surface area (Å²) in [4.78, 5) is 28.9. The summed E-state index contributed by atoms with van der Waals surface area (Å²) >= 11 is 0. The molecule has 0 spiro atoms. The van der Waals surface area contributed by atoms with Crippen LogP contribution in [0.15, 0.2) is 53.4 Å². The van der Waals surface area contributed by atoms with Crippen molar-refractivity contribution in [3.05, 3.63) is 65.2 Å². The van der Waals surface area contributed by atoms with E-state index >= 15 is 0 Å². The Hall–Kier alpha value is -3.22. The van der Waals surface area contributed by atoms with Crippen molar-refractivity contribution in [2.75, 3.05) is 32.7 Å². The summed E-state index contributed by atoms with van der Waals surface area (Å²) in [7, 11) is -3.69. The first-order valence-corrected chi connectivity index (χ1v) is 12.4. The van der Waals surface area contributed by atoms with Crippen LogP contribution in [0.4, 0.5) is 0 Å². The number of nitriles is 1. The zero-order valence-corrected chi connectivity index (χ0v) is 19.3. The van der Waals surface area contributed by atoms with E-state index in [9.17, 15) is 18.0 Å². The monoisotopic (exact) mass is 466 g/mol. The molecule has 172 valence electrons. The van der Waals surface area contributed by atoms with E-state index in [-0.39, 0.29) is 42.3 Å². The molecule has 8 nitrogen and oxygen atoms in total. The van der Waals surface area contributed by atoms with Gasteiger partial charge in [-0.1, -0.05) is 24.3 Å². The summed E-state index contributed by atoms with van der Waals surface area (Å²) in [5, 5.41) is 8.91. The predicted molar refractivity (Wildman–Crippen MR) is 121 cm³/mol. The number of hydrogen-bond donors (Lipinski definition) is 0. The Labute approximate surface area is 194 Å². The van der Waals surface area contributed by atoms with Gasteiger partial charge < -0.3 is 9.80 Å². The van der Waals surface area contributed by atoms with Gasteiger partial charge in [-0.2, -0.15) is 9.57 Å². The molecule has 1 fully saturated rings. The first-order chi connectivity index (χ1) is 15.8. The SMILES string of the molecule is CC(=O)N1CCc2ccccc2C1CC(=O)N1CCN(S(=O)(=O)c2ccc(C#N)cc2)CC1. The average Bonchev–Trinajstić information content (AvgIpc) is 2.84. The van der Waals surface area contributed by atoms with Crippen LogP contribution in [0.3, 0.4) is 0 Å². The van der Waals surface area contributed by atoms with E-state index in [4.69, 9.17) is 5.26 Å². The summed E-state index contributed by atoms with van der Waals surface area (Å²) in [6, 6.07) is 15.4. The molecule has 9 heteroatoms. The molecule has 0 aromatic heterocycles. The Morgan fingerprint density at radius 1 is 1.00 bits per heavy atom. The zero-order chi connectivity index (χ0) is 23.6. The van der Waals surface area contributed by atoms with Gasteiger partial charge in [0.15, 0.2) is 0 Å². The van der Waals surface area contributed by atoms with E-state index in [1.54, 1.807) is 9.80 Å². The Kier molecular flexibility index (Phi) is 6.49. The molecule has 2 amide bonds. The fourth-order valence-electron chi connectivity index (χ4n) is 4.57. The smallest absolute Gasteiger partial charge is 0.243 e. The Morgan fingerprint density at radius 3 is 2.30 bits per heavy atom. The minimum atomic E-state index is -3.69. The minimum absolute atomic E-state index is 0.0550. The summed E-state index contributed by atoms with van der Waals surface area (Å²) in [5.41, 5.74) is 2.56. The molecular formula is C24H26N4O4S. The third-order valence-electron chi connectivity index (χ3n) is 6.40. The quantitative estimate of drug-likeness (QED) is 0.685. The maximum absolute atomic E-state index is 13.1. The summed E-state index contributed by atoms with van der Waals surface area (Å²) in [6.07, 6.45) is 0.950. The molecule has 4 rings (SSSR count). The van der Waals surface area contributed by atoms with Gasteiger partial charge in [0.25, 0.3) is 0 Å². The van der Waals surface area contributed by atoms with E-state index in [1.807, 2.05) is 30.3 Å². The first-order valence-electron chi connectivity index (χ1n) is 10.9. The van der Waals surface area contributed by atoms with Gasteiger partial charge in [0.05, 0.1) is 29.0 Å². The molecule has 2 aromatic rings. The van der Waals surface area contributed by atoms with Crippen LogP contribution in [0.25, 0.3) is 0 Å². The number of fused-ring (bicyclic) bond motifs is 1. The highest BCUT2D eigenvalue weighted by atomic mass is 32.2. The van der Waals surface area contributed by atoms with Gasteiger partial charge in [0, 0.05) is 39.6 Å². The molecular weight excluding hydrogens is 440 g/mol. The lowest BCUT2D eigenvalue weighted by Crippen LogP contribution is -2.51. The number of carbonyl (C=O) groups excluding carboxylic acids is 2. The van der Waals surface area contributed by atoms with Gasteiger partial charge in [0.1, 0.15) is 0 Å². The molecule has 0 aliphatic carbocycles. The van der Waals surface area contributed by atoms with Gasteiger partial charge in [-0.25, -0.2) is 8.42 Å². The van der Waals surface area contributed by atoms with Crippen LogP contribution in [0.5, 0.6) is 0 Å². The molecule has 2 aromatic carbocycles. The normalized spacial score (nSPS) is 19.0. The maximum atomic E-state index is 13.1. The molecule has 1 atom stereocenters. The first kappa shape index (κ1) is 23.0. The second kappa shape index (κ2) is 9.33. The molecule has 0 N–H and O–H groups in total. The highest BCUT2D eigenvalue weighted by Gasteiger charge is 2.34. The molecule has 2 heterocycles. The zero-order valence-electron chi connectivity index (χ0n) is 18.5. The van der Waals surface area contributed by atoms with Crippen molar-refractivity contribution in [2.45, 2.75) is 30.7 Å². The Balaban J connectivity index is 1.43. The second-order valence-electron chi connectivity index (χ2n) is 8.30. The van der Waals surface area contributed by atoms with Crippen molar-refractivity contribution in [2.24, 2.45) is 0 Å². The largest absolute Gasteiger partial charge is 0.340 e. The van der Waals surface area contributed by atoms with Gasteiger partial charge in [-0.15, -0.1) is 0 Å². The lowest BCUT2D eigenvalue weighted by Gasteiger charge is -2.39. The van der Waals surface area contributed by atoms with E-state index in [0.717, 1.165) is 17.5 Å². The van der Waals surface area contributed by atoms with Crippen LogP contribution in [0.2, 0.25) is 0 Å². The highest BCUT2D eigenvalue weighted by Crippen LogP contribution is 2.33. The van der Waals surface area contributed by atoms with Crippen LogP contribution in [0.1, 0.15) is 36.1 Å². The fourth-order valence-corrected chi connectivity index (χ4v) is 5.99. The number of carbonyl (C=O) groups is 2. The summed E-state index contributed by atoms with van der Waals surface area (Å²) < 4.78 is 27.2. The van der Waals surface area contributed by atoms with Crippen LogP contribution in [0, 0.1) is 11.3 Å². The van der Waals surface area contributed by atoms with E-state index < -0.39 is 10.0 Å². The third-order valence-corrected chi connectivity index (χ3v) is 8.31. The number of piperazine rings is 1. The Bertz CT molecular complexity index is 1200. The van der Waals surface area contributed by atoms with Crippen molar-refractivity contribution >= 4 is 21.8 Å². The minimum Gasteiger partial charge on any atom is -0.340 e. The number of nitrogens with zero attached hydrogens (tertiary/aromatic N) is 4. The molecule has 1 unspecified atom stereocenters. The Morgan fingerprint density at radius 2 is 1.67 bits per heavy atom. The third kappa shape index (κ3) is 4.63. The molecule has 0 saturated carbocycles. The van der Waals surface area contributed by atoms with Crippen molar-refractivity contribution in [1.82, 2.24) is 14.1 Å². The molecule has 0 radical (unpaired) electrons. The summed E-state index contributed by atoms with van der Waals surface area (Å²) in [6.45, 7) is 3.10. The number of sulfonamides is 1. The standard InChI is InChI=1S/C24H26N4O4S/c1-18(29)28-11-10-20-4-2-3-5-22(20)23(28)16-24(30)26-12-14-27(15-13-26)33(31,32)21-8-6-19(17-25)7-9-21/h2-9,23H,10-16H2,1H3. The number of amides is 2. The molecule has 33 heavy (non-hydrogen) atoms. The lowest BCUT2D eigenvalue weighted by molar-refractivity contribution is -0.137. The van der Waals surface area contributed by atoms with Gasteiger partial charge in [-0.05, 0) is 41.8 Å². The van der Waals surface area contributed by atoms with Crippen LogP contribution in [-0.4, -0.2) is 67.1 Å². The average molecular weight is 467 g/mol. The molecule has 1 saturated heterocycles.